The van der Waals surface area contributed by atoms with Gasteiger partial charge in [0.2, 0.25) is 0 Å². The molecule has 1 saturated carbocycles. The number of hydrogen-bond donors (Lipinski definition) is 1. The van der Waals surface area contributed by atoms with E-state index in [0.717, 1.165) is 39.0 Å². The summed E-state index contributed by atoms with van der Waals surface area (Å²) >= 11 is 0. The highest BCUT2D eigenvalue weighted by Gasteiger charge is 2.36. The van der Waals surface area contributed by atoms with Crippen LogP contribution in [-0.4, -0.2) is 36.6 Å². The molecule has 3 nitrogen and oxygen atoms in total. The van der Waals surface area contributed by atoms with E-state index in [2.05, 4.69) is 37.1 Å². The molecule has 16 heavy (non-hydrogen) atoms. The molecule has 0 bridgehead atoms. The standard InChI is InChI=1S/C13H25N3/c1-4-16(5-2)9-8-15-13(11-14)7-6-12(3)10-13/h12,15H,4-10H2,1-3H3. The number of rotatable bonds is 6. The van der Waals surface area contributed by atoms with E-state index >= 15 is 0 Å². The molecule has 0 aromatic carbocycles. The highest BCUT2D eigenvalue weighted by atomic mass is 15.1. The summed E-state index contributed by atoms with van der Waals surface area (Å²) in [7, 11) is 0. The van der Waals surface area contributed by atoms with Crippen LogP contribution in [0.3, 0.4) is 0 Å². The van der Waals surface area contributed by atoms with E-state index in [9.17, 15) is 5.26 Å². The van der Waals surface area contributed by atoms with E-state index in [1.54, 1.807) is 0 Å². The Morgan fingerprint density at radius 2 is 2.12 bits per heavy atom. The van der Waals surface area contributed by atoms with E-state index in [4.69, 9.17) is 0 Å². The molecule has 1 rings (SSSR count). The molecule has 0 spiro atoms. The fourth-order valence-corrected chi connectivity index (χ4v) is 2.59. The molecule has 0 aliphatic heterocycles. The van der Waals surface area contributed by atoms with Crippen LogP contribution in [0.1, 0.15) is 40.0 Å². The van der Waals surface area contributed by atoms with Gasteiger partial charge in [0.15, 0.2) is 0 Å². The van der Waals surface area contributed by atoms with Gasteiger partial charge < -0.3 is 4.90 Å². The van der Waals surface area contributed by atoms with Crippen molar-refractivity contribution >= 4 is 0 Å². The van der Waals surface area contributed by atoms with E-state index in [-0.39, 0.29) is 5.54 Å². The summed E-state index contributed by atoms with van der Waals surface area (Å²) in [6, 6.07) is 2.49. The zero-order chi connectivity index (χ0) is 12.0. The number of nitrogens with one attached hydrogen (secondary N) is 1. The fourth-order valence-electron chi connectivity index (χ4n) is 2.59. The van der Waals surface area contributed by atoms with Crippen molar-refractivity contribution in [2.75, 3.05) is 26.2 Å². The van der Waals surface area contributed by atoms with Crippen LogP contribution in [0.25, 0.3) is 0 Å². The molecule has 0 aromatic heterocycles. The Balaban J connectivity index is 2.33. The van der Waals surface area contributed by atoms with Gasteiger partial charge in [-0.15, -0.1) is 0 Å². The highest BCUT2D eigenvalue weighted by Crippen LogP contribution is 2.33. The predicted octanol–water partition coefficient (Wildman–Crippen LogP) is 2.00. The van der Waals surface area contributed by atoms with Gasteiger partial charge in [-0.2, -0.15) is 5.26 Å². The van der Waals surface area contributed by atoms with E-state index < -0.39 is 0 Å². The van der Waals surface area contributed by atoms with Gasteiger partial charge >= 0.3 is 0 Å². The molecule has 1 aliphatic carbocycles. The maximum Gasteiger partial charge on any atom is 0.107 e. The smallest absolute Gasteiger partial charge is 0.107 e. The predicted molar refractivity (Wildman–Crippen MR) is 67.1 cm³/mol. The normalized spacial score (nSPS) is 29.6. The Labute approximate surface area is 99.8 Å². The summed E-state index contributed by atoms with van der Waals surface area (Å²) in [5, 5.41) is 12.8. The summed E-state index contributed by atoms with van der Waals surface area (Å²) < 4.78 is 0. The maximum absolute atomic E-state index is 9.29. The molecule has 1 aliphatic rings. The Kier molecular flexibility index (Phi) is 5.24. The molecule has 92 valence electrons. The fraction of sp³-hybridized carbons (Fsp3) is 0.923. The minimum absolute atomic E-state index is 0.230. The number of hydrogen-bond acceptors (Lipinski definition) is 3. The Morgan fingerprint density at radius 3 is 2.56 bits per heavy atom. The lowest BCUT2D eigenvalue weighted by atomic mass is 9.98. The third kappa shape index (κ3) is 3.47. The largest absolute Gasteiger partial charge is 0.303 e. The highest BCUT2D eigenvalue weighted by molar-refractivity contribution is 5.11. The first-order valence-electron chi connectivity index (χ1n) is 6.54. The van der Waals surface area contributed by atoms with Gasteiger partial charge in [-0.25, -0.2) is 0 Å². The molecular formula is C13H25N3. The van der Waals surface area contributed by atoms with Gasteiger partial charge in [0.05, 0.1) is 6.07 Å². The average molecular weight is 223 g/mol. The first-order chi connectivity index (χ1) is 7.65. The summed E-state index contributed by atoms with van der Waals surface area (Å²) in [5.41, 5.74) is -0.230. The third-order valence-corrected chi connectivity index (χ3v) is 3.76. The monoisotopic (exact) mass is 223 g/mol. The molecule has 2 atom stereocenters. The second-order valence-electron chi connectivity index (χ2n) is 5.00. The summed E-state index contributed by atoms with van der Waals surface area (Å²) in [6.45, 7) is 10.8. The van der Waals surface area contributed by atoms with Crippen LogP contribution in [0.5, 0.6) is 0 Å². The number of nitrogens with zero attached hydrogens (tertiary/aromatic N) is 2. The Bertz CT molecular complexity index is 242. The van der Waals surface area contributed by atoms with Crippen LogP contribution in [0.2, 0.25) is 0 Å². The lowest BCUT2D eigenvalue weighted by molar-refractivity contribution is 0.285. The lowest BCUT2D eigenvalue weighted by Crippen LogP contribution is -2.45. The molecule has 1 N–H and O–H groups in total. The Hall–Kier alpha value is -0.590. The van der Waals surface area contributed by atoms with Gasteiger partial charge in [-0.05, 0) is 38.3 Å². The van der Waals surface area contributed by atoms with Gasteiger partial charge in [-0.1, -0.05) is 20.8 Å². The average Bonchev–Trinajstić information content (AvgIpc) is 2.67. The number of likely N-dealkylation sites (N-methyl/N-ethyl adjacent to an activating group) is 1. The minimum atomic E-state index is -0.230. The topological polar surface area (TPSA) is 39.1 Å². The quantitative estimate of drug-likeness (QED) is 0.748. The van der Waals surface area contributed by atoms with Crippen molar-refractivity contribution in [1.82, 2.24) is 10.2 Å². The second-order valence-corrected chi connectivity index (χ2v) is 5.00. The SMILES string of the molecule is CCN(CC)CCNC1(C#N)CCC(C)C1. The zero-order valence-electron chi connectivity index (χ0n) is 10.9. The van der Waals surface area contributed by atoms with E-state index in [1.807, 2.05) is 0 Å². The van der Waals surface area contributed by atoms with Gasteiger partial charge in [-0.3, -0.25) is 5.32 Å². The minimum Gasteiger partial charge on any atom is -0.303 e. The van der Waals surface area contributed by atoms with Crippen molar-refractivity contribution in [3.63, 3.8) is 0 Å². The maximum atomic E-state index is 9.29. The van der Waals surface area contributed by atoms with Gasteiger partial charge in [0.1, 0.15) is 5.54 Å². The zero-order valence-corrected chi connectivity index (χ0v) is 10.9. The van der Waals surface area contributed by atoms with Crippen LogP contribution >= 0.6 is 0 Å². The molecule has 0 amide bonds. The van der Waals surface area contributed by atoms with Crippen molar-refractivity contribution < 1.29 is 0 Å². The van der Waals surface area contributed by atoms with Crippen LogP contribution in [0.4, 0.5) is 0 Å². The summed E-state index contributed by atoms with van der Waals surface area (Å²) in [4.78, 5) is 2.39. The lowest BCUT2D eigenvalue weighted by Gasteiger charge is -2.25. The van der Waals surface area contributed by atoms with Crippen LogP contribution < -0.4 is 5.32 Å². The third-order valence-electron chi connectivity index (χ3n) is 3.76. The molecule has 3 heteroatoms. The summed E-state index contributed by atoms with van der Waals surface area (Å²) in [6.07, 6.45) is 3.22. The van der Waals surface area contributed by atoms with Crippen molar-refractivity contribution in [2.45, 2.75) is 45.6 Å². The molecule has 0 saturated heterocycles. The van der Waals surface area contributed by atoms with Crippen molar-refractivity contribution in [2.24, 2.45) is 5.92 Å². The molecule has 0 radical (unpaired) electrons. The van der Waals surface area contributed by atoms with E-state index in [1.165, 1.54) is 6.42 Å². The van der Waals surface area contributed by atoms with Gasteiger partial charge in [0.25, 0.3) is 0 Å². The van der Waals surface area contributed by atoms with Gasteiger partial charge in [0, 0.05) is 13.1 Å². The summed E-state index contributed by atoms with van der Waals surface area (Å²) in [5.74, 6) is 0.695. The first-order valence-corrected chi connectivity index (χ1v) is 6.54. The molecule has 2 unspecified atom stereocenters. The molecule has 0 aromatic rings. The van der Waals surface area contributed by atoms with Crippen molar-refractivity contribution in [1.29, 1.82) is 5.26 Å². The first kappa shape index (κ1) is 13.5. The molecule has 1 fully saturated rings. The van der Waals surface area contributed by atoms with Crippen LogP contribution in [-0.2, 0) is 0 Å². The van der Waals surface area contributed by atoms with Crippen LogP contribution in [0.15, 0.2) is 0 Å². The molecule has 0 heterocycles. The van der Waals surface area contributed by atoms with Crippen molar-refractivity contribution in [3.8, 4) is 6.07 Å². The number of nitriles is 1. The molecular weight excluding hydrogens is 198 g/mol. The van der Waals surface area contributed by atoms with Crippen molar-refractivity contribution in [3.05, 3.63) is 0 Å². The second kappa shape index (κ2) is 6.22. The van der Waals surface area contributed by atoms with Crippen LogP contribution in [0, 0.1) is 17.2 Å². The van der Waals surface area contributed by atoms with E-state index in [0.29, 0.717) is 5.92 Å². The Morgan fingerprint density at radius 1 is 1.44 bits per heavy atom.